The van der Waals surface area contributed by atoms with Crippen LogP contribution in [0.3, 0.4) is 0 Å². The standard InChI is InChI=1S/C26H25FN2O5/c1-3-15-33-20-12-10-19(11-13-20)26(31)34-23-14-9-18(16-24(23)32-4-2)17-28-29-25(30)21-7-5-6-8-22(21)27/h5-14,16-17H,3-4,15H2,1-2H3,(H,29,30)/b28-17+. The smallest absolute Gasteiger partial charge is 0.343 e. The second kappa shape index (κ2) is 12.2. The van der Waals surface area contributed by atoms with E-state index in [1.165, 1.54) is 24.4 Å². The van der Waals surface area contributed by atoms with E-state index >= 15 is 0 Å². The van der Waals surface area contributed by atoms with E-state index in [1.54, 1.807) is 55.5 Å². The molecule has 0 unspecified atom stereocenters. The summed E-state index contributed by atoms with van der Waals surface area (Å²) in [6, 6.07) is 17.1. The van der Waals surface area contributed by atoms with Gasteiger partial charge in [-0.2, -0.15) is 5.10 Å². The van der Waals surface area contributed by atoms with Crippen LogP contribution in [0.4, 0.5) is 4.39 Å². The Bertz CT molecular complexity index is 1160. The Balaban J connectivity index is 1.67. The van der Waals surface area contributed by atoms with Crippen molar-refractivity contribution in [2.24, 2.45) is 5.10 Å². The van der Waals surface area contributed by atoms with Crippen molar-refractivity contribution in [1.82, 2.24) is 5.43 Å². The van der Waals surface area contributed by atoms with E-state index in [1.807, 2.05) is 6.92 Å². The number of ether oxygens (including phenoxy) is 3. The van der Waals surface area contributed by atoms with Crippen LogP contribution < -0.4 is 19.6 Å². The Morgan fingerprint density at radius 2 is 1.74 bits per heavy atom. The first-order valence-corrected chi connectivity index (χ1v) is 10.8. The van der Waals surface area contributed by atoms with Gasteiger partial charge in [-0.3, -0.25) is 4.79 Å². The summed E-state index contributed by atoms with van der Waals surface area (Å²) in [4.78, 5) is 24.6. The molecule has 0 radical (unpaired) electrons. The molecule has 0 heterocycles. The molecule has 0 saturated carbocycles. The third-order valence-electron chi connectivity index (χ3n) is 4.53. The largest absolute Gasteiger partial charge is 0.494 e. The molecule has 34 heavy (non-hydrogen) atoms. The molecule has 1 N–H and O–H groups in total. The zero-order valence-corrected chi connectivity index (χ0v) is 18.9. The van der Waals surface area contributed by atoms with Crippen LogP contribution in [-0.2, 0) is 0 Å². The number of esters is 1. The molecule has 1 amide bonds. The fourth-order valence-corrected chi connectivity index (χ4v) is 2.89. The lowest BCUT2D eigenvalue weighted by Crippen LogP contribution is -2.18. The second-order valence-corrected chi connectivity index (χ2v) is 7.08. The van der Waals surface area contributed by atoms with E-state index in [-0.39, 0.29) is 11.3 Å². The zero-order valence-electron chi connectivity index (χ0n) is 18.9. The monoisotopic (exact) mass is 464 g/mol. The van der Waals surface area contributed by atoms with E-state index in [4.69, 9.17) is 14.2 Å². The van der Waals surface area contributed by atoms with Crippen molar-refractivity contribution in [1.29, 1.82) is 0 Å². The van der Waals surface area contributed by atoms with Gasteiger partial charge in [-0.1, -0.05) is 19.1 Å². The van der Waals surface area contributed by atoms with E-state index < -0.39 is 17.7 Å². The number of amides is 1. The molecule has 0 aliphatic rings. The van der Waals surface area contributed by atoms with Gasteiger partial charge in [-0.25, -0.2) is 14.6 Å². The predicted molar refractivity (Wildman–Crippen MR) is 126 cm³/mol. The van der Waals surface area contributed by atoms with Crippen LogP contribution in [0.15, 0.2) is 71.8 Å². The van der Waals surface area contributed by atoms with Gasteiger partial charge in [0.2, 0.25) is 0 Å². The van der Waals surface area contributed by atoms with Gasteiger partial charge >= 0.3 is 5.97 Å². The van der Waals surface area contributed by atoms with Crippen molar-refractivity contribution in [3.8, 4) is 17.2 Å². The Morgan fingerprint density at radius 1 is 0.971 bits per heavy atom. The summed E-state index contributed by atoms with van der Waals surface area (Å²) in [6.45, 7) is 4.76. The van der Waals surface area contributed by atoms with E-state index in [0.717, 1.165) is 6.42 Å². The fourth-order valence-electron chi connectivity index (χ4n) is 2.89. The number of nitrogens with one attached hydrogen (secondary N) is 1. The Hall–Kier alpha value is -4.20. The van der Waals surface area contributed by atoms with Gasteiger partial charge in [0.25, 0.3) is 5.91 Å². The summed E-state index contributed by atoms with van der Waals surface area (Å²) in [5.74, 6) is -0.589. The van der Waals surface area contributed by atoms with Crippen molar-refractivity contribution < 1.29 is 28.2 Å². The minimum Gasteiger partial charge on any atom is -0.494 e. The normalized spacial score (nSPS) is 10.7. The molecule has 3 rings (SSSR count). The number of halogens is 1. The number of benzene rings is 3. The highest BCUT2D eigenvalue weighted by Gasteiger charge is 2.14. The van der Waals surface area contributed by atoms with Gasteiger partial charge in [0, 0.05) is 0 Å². The van der Waals surface area contributed by atoms with Crippen molar-refractivity contribution >= 4 is 18.1 Å². The molecule has 0 aliphatic carbocycles. The molecule has 0 spiro atoms. The molecule has 0 aromatic heterocycles. The van der Waals surface area contributed by atoms with Gasteiger partial charge in [0.15, 0.2) is 11.5 Å². The van der Waals surface area contributed by atoms with Gasteiger partial charge in [0.05, 0.1) is 30.6 Å². The molecule has 0 fully saturated rings. The maximum Gasteiger partial charge on any atom is 0.343 e. The highest BCUT2D eigenvalue weighted by atomic mass is 19.1. The summed E-state index contributed by atoms with van der Waals surface area (Å²) in [6.07, 6.45) is 2.27. The molecule has 3 aromatic rings. The predicted octanol–water partition coefficient (Wildman–Crippen LogP) is 5.00. The number of carbonyl (C=O) groups is 2. The van der Waals surface area contributed by atoms with Crippen LogP contribution in [0.5, 0.6) is 17.2 Å². The van der Waals surface area contributed by atoms with Gasteiger partial charge in [-0.15, -0.1) is 0 Å². The third kappa shape index (κ3) is 6.65. The molecular weight excluding hydrogens is 439 g/mol. The third-order valence-corrected chi connectivity index (χ3v) is 4.53. The number of hydrazone groups is 1. The lowest BCUT2D eigenvalue weighted by atomic mass is 10.2. The Morgan fingerprint density at radius 3 is 2.44 bits per heavy atom. The maximum atomic E-state index is 13.7. The van der Waals surface area contributed by atoms with Crippen molar-refractivity contribution in [3.05, 3.63) is 89.2 Å². The van der Waals surface area contributed by atoms with Gasteiger partial charge in [0.1, 0.15) is 11.6 Å². The van der Waals surface area contributed by atoms with E-state index in [9.17, 15) is 14.0 Å². The number of hydrogen-bond acceptors (Lipinski definition) is 6. The number of nitrogens with zero attached hydrogens (tertiary/aromatic N) is 1. The van der Waals surface area contributed by atoms with E-state index in [0.29, 0.717) is 35.8 Å². The van der Waals surface area contributed by atoms with Crippen LogP contribution in [0, 0.1) is 5.82 Å². The molecule has 0 atom stereocenters. The fraction of sp³-hybridized carbons (Fsp3) is 0.192. The number of carbonyl (C=O) groups excluding carboxylic acids is 2. The molecule has 0 aliphatic heterocycles. The SMILES string of the molecule is CCCOc1ccc(C(=O)Oc2ccc(/C=N/NC(=O)c3ccccc3F)cc2OCC)cc1. The maximum absolute atomic E-state index is 13.7. The lowest BCUT2D eigenvalue weighted by Gasteiger charge is -2.12. The lowest BCUT2D eigenvalue weighted by molar-refractivity contribution is 0.0728. The zero-order chi connectivity index (χ0) is 24.3. The minimum atomic E-state index is -0.670. The molecular formula is C26H25FN2O5. The van der Waals surface area contributed by atoms with Gasteiger partial charge in [-0.05, 0) is 73.5 Å². The van der Waals surface area contributed by atoms with Crippen molar-refractivity contribution in [3.63, 3.8) is 0 Å². The van der Waals surface area contributed by atoms with E-state index in [2.05, 4.69) is 10.5 Å². The summed E-state index contributed by atoms with van der Waals surface area (Å²) in [5, 5.41) is 3.86. The topological polar surface area (TPSA) is 86.2 Å². The van der Waals surface area contributed by atoms with Crippen LogP contribution >= 0.6 is 0 Å². The number of rotatable bonds is 10. The summed E-state index contributed by atoms with van der Waals surface area (Å²) >= 11 is 0. The Labute approximate surface area is 197 Å². The highest BCUT2D eigenvalue weighted by Crippen LogP contribution is 2.29. The first-order valence-electron chi connectivity index (χ1n) is 10.8. The van der Waals surface area contributed by atoms with Crippen LogP contribution in [0.25, 0.3) is 0 Å². The average molecular weight is 464 g/mol. The molecule has 3 aromatic carbocycles. The number of hydrogen-bond donors (Lipinski definition) is 1. The minimum absolute atomic E-state index is 0.109. The molecule has 8 heteroatoms. The molecule has 0 bridgehead atoms. The highest BCUT2D eigenvalue weighted by molar-refractivity contribution is 5.95. The summed E-state index contributed by atoms with van der Waals surface area (Å²) in [5.41, 5.74) is 3.12. The van der Waals surface area contributed by atoms with Crippen molar-refractivity contribution in [2.45, 2.75) is 20.3 Å². The average Bonchev–Trinajstić information content (AvgIpc) is 2.85. The van der Waals surface area contributed by atoms with Crippen molar-refractivity contribution in [2.75, 3.05) is 13.2 Å². The molecule has 0 saturated heterocycles. The quantitative estimate of drug-likeness (QED) is 0.198. The van der Waals surface area contributed by atoms with Crippen LogP contribution in [0.2, 0.25) is 0 Å². The van der Waals surface area contributed by atoms with Crippen LogP contribution in [-0.4, -0.2) is 31.3 Å². The summed E-state index contributed by atoms with van der Waals surface area (Å²) in [7, 11) is 0. The first kappa shape index (κ1) is 24.4. The van der Waals surface area contributed by atoms with Crippen LogP contribution in [0.1, 0.15) is 46.5 Å². The van der Waals surface area contributed by atoms with Gasteiger partial charge < -0.3 is 14.2 Å². The molecule has 7 nitrogen and oxygen atoms in total. The molecule has 176 valence electrons. The first-order chi connectivity index (χ1) is 16.5. The second-order valence-electron chi connectivity index (χ2n) is 7.08. The Kier molecular flexibility index (Phi) is 8.73. The summed E-state index contributed by atoms with van der Waals surface area (Å²) < 4.78 is 30.3.